The van der Waals surface area contributed by atoms with E-state index in [2.05, 4.69) is 5.32 Å². The van der Waals surface area contributed by atoms with E-state index in [9.17, 15) is 4.79 Å². The van der Waals surface area contributed by atoms with E-state index in [0.29, 0.717) is 16.9 Å². The minimum atomic E-state index is -0.129. The molecule has 0 heterocycles. The zero-order chi connectivity index (χ0) is 14.7. The van der Waals surface area contributed by atoms with Gasteiger partial charge in [0.15, 0.2) is 0 Å². The van der Waals surface area contributed by atoms with Crippen LogP contribution in [0.15, 0.2) is 41.3 Å². The molecule has 0 fully saturated rings. The normalized spacial score (nSPS) is 10.3. The molecular formula is C16H18N2OS. The topological polar surface area (TPSA) is 55.1 Å². The van der Waals surface area contributed by atoms with Gasteiger partial charge in [-0.15, -0.1) is 11.8 Å². The number of carbonyl (C=O) groups excluding carboxylic acids is 1. The number of thioether (sulfide) groups is 1. The number of anilines is 2. The molecule has 0 aliphatic rings. The van der Waals surface area contributed by atoms with Gasteiger partial charge in [0.05, 0.1) is 16.9 Å². The van der Waals surface area contributed by atoms with Crippen molar-refractivity contribution in [3.05, 3.63) is 53.1 Å². The van der Waals surface area contributed by atoms with E-state index in [1.54, 1.807) is 11.8 Å². The number of rotatable bonds is 3. The summed E-state index contributed by atoms with van der Waals surface area (Å²) in [4.78, 5) is 13.4. The Morgan fingerprint density at radius 2 is 1.85 bits per heavy atom. The Balaban J connectivity index is 2.35. The van der Waals surface area contributed by atoms with Crippen molar-refractivity contribution in [1.82, 2.24) is 0 Å². The number of carbonyl (C=O) groups is 1. The van der Waals surface area contributed by atoms with E-state index in [1.165, 1.54) is 0 Å². The smallest absolute Gasteiger partial charge is 0.256 e. The maximum Gasteiger partial charge on any atom is 0.256 e. The van der Waals surface area contributed by atoms with Gasteiger partial charge in [0.1, 0.15) is 0 Å². The molecule has 2 aromatic rings. The number of hydrogen-bond donors (Lipinski definition) is 2. The average Bonchev–Trinajstić information content (AvgIpc) is 2.47. The first-order chi connectivity index (χ1) is 9.54. The second-order valence-corrected chi connectivity index (χ2v) is 5.47. The highest BCUT2D eigenvalue weighted by molar-refractivity contribution is 7.98. The fourth-order valence-electron chi connectivity index (χ4n) is 2.02. The van der Waals surface area contributed by atoms with E-state index in [-0.39, 0.29) is 5.91 Å². The molecule has 2 rings (SSSR count). The highest BCUT2D eigenvalue weighted by Gasteiger charge is 2.14. The van der Waals surface area contributed by atoms with Gasteiger partial charge in [-0.1, -0.05) is 18.2 Å². The van der Waals surface area contributed by atoms with Crippen molar-refractivity contribution in [2.45, 2.75) is 18.7 Å². The van der Waals surface area contributed by atoms with Gasteiger partial charge in [-0.3, -0.25) is 4.79 Å². The lowest BCUT2D eigenvalue weighted by molar-refractivity contribution is 0.102. The summed E-state index contributed by atoms with van der Waals surface area (Å²) in [6.07, 6.45) is 1.96. The Bertz CT molecular complexity index is 653. The second kappa shape index (κ2) is 6.01. The molecule has 0 atom stereocenters. The van der Waals surface area contributed by atoms with Gasteiger partial charge in [0.2, 0.25) is 0 Å². The fraction of sp³-hybridized carbons (Fsp3) is 0.188. The molecule has 0 saturated heterocycles. The minimum absolute atomic E-state index is 0.129. The van der Waals surface area contributed by atoms with Crippen molar-refractivity contribution in [3.8, 4) is 0 Å². The molecule has 0 unspecified atom stereocenters. The molecule has 4 heteroatoms. The van der Waals surface area contributed by atoms with E-state index in [0.717, 1.165) is 16.0 Å². The van der Waals surface area contributed by atoms with Crippen LogP contribution >= 0.6 is 11.8 Å². The van der Waals surface area contributed by atoms with Crippen LogP contribution in [0.5, 0.6) is 0 Å². The summed E-state index contributed by atoms with van der Waals surface area (Å²) >= 11 is 1.55. The van der Waals surface area contributed by atoms with Crippen molar-refractivity contribution >= 4 is 29.0 Å². The monoisotopic (exact) mass is 286 g/mol. The molecule has 0 saturated carbocycles. The molecule has 3 nitrogen and oxygen atoms in total. The zero-order valence-electron chi connectivity index (χ0n) is 11.9. The Kier molecular flexibility index (Phi) is 4.35. The van der Waals surface area contributed by atoms with Gasteiger partial charge in [-0.25, -0.2) is 0 Å². The molecule has 0 bridgehead atoms. The van der Waals surface area contributed by atoms with E-state index in [4.69, 9.17) is 5.73 Å². The summed E-state index contributed by atoms with van der Waals surface area (Å²) in [6.45, 7) is 3.96. The third-order valence-corrected chi connectivity index (χ3v) is 4.15. The molecule has 0 aliphatic carbocycles. The number of nitrogens with one attached hydrogen (secondary N) is 1. The predicted octanol–water partition coefficient (Wildman–Crippen LogP) is 3.86. The number of hydrogen-bond acceptors (Lipinski definition) is 3. The molecule has 0 aromatic heterocycles. The number of nitrogens with two attached hydrogens (primary N) is 1. The maximum absolute atomic E-state index is 12.4. The Labute approximate surface area is 123 Å². The van der Waals surface area contributed by atoms with Crippen LogP contribution in [-0.4, -0.2) is 12.2 Å². The van der Waals surface area contributed by atoms with E-state index >= 15 is 0 Å². The first kappa shape index (κ1) is 14.5. The number of aryl methyl sites for hydroxylation is 1. The first-order valence-corrected chi connectivity index (χ1v) is 7.57. The largest absolute Gasteiger partial charge is 0.397 e. The highest BCUT2D eigenvalue weighted by atomic mass is 32.2. The van der Waals surface area contributed by atoms with Crippen LogP contribution in [0.1, 0.15) is 21.5 Å². The minimum Gasteiger partial charge on any atom is -0.397 e. The highest BCUT2D eigenvalue weighted by Crippen LogP contribution is 2.27. The lowest BCUT2D eigenvalue weighted by atomic mass is 10.1. The van der Waals surface area contributed by atoms with Gasteiger partial charge >= 0.3 is 0 Å². The Morgan fingerprint density at radius 1 is 1.15 bits per heavy atom. The molecule has 0 aliphatic heterocycles. The number of benzene rings is 2. The van der Waals surface area contributed by atoms with Gasteiger partial charge < -0.3 is 11.1 Å². The summed E-state index contributed by atoms with van der Waals surface area (Å²) in [5.74, 6) is -0.129. The quantitative estimate of drug-likeness (QED) is 0.665. The Hall–Kier alpha value is -1.94. The Morgan fingerprint density at radius 3 is 2.55 bits per heavy atom. The van der Waals surface area contributed by atoms with Gasteiger partial charge in [0, 0.05) is 4.90 Å². The summed E-state index contributed by atoms with van der Waals surface area (Å²) in [5, 5.41) is 2.93. The summed E-state index contributed by atoms with van der Waals surface area (Å²) in [5.41, 5.74) is 10.0. The maximum atomic E-state index is 12.4. The number of nitrogen functional groups attached to an aromatic ring is 1. The zero-order valence-corrected chi connectivity index (χ0v) is 12.7. The van der Waals surface area contributed by atoms with Crippen LogP contribution in [0.2, 0.25) is 0 Å². The van der Waals surface area contributed by atoms with Crippen LogP contribution in [0.25, 0.3) is 0 Å². The summed E-state index contributed by atoms with van der Waals surface area (Å²) in [6, 6.07) is 11.3. The van der Waals surface area contributed by atoms with Crippen molar-refractivity contribution in [2.24, 2.45) is 0 Å². The third kappa shape index (κ3) is 2.80. The average molecular weight is 286 g/mol. The van der Waals surface area contributed by atoms with Gasteiger partial charge in [-0.2, -0.15) is 0 Å². The predicted molar refractivity (Wildman–Crippen MR) is 86.5 cm³/mol. The van der Waals surface area contributed by atoms with E-state index in [1.807, 2.05) is 56.5 Å². The van der Waals surface area contributed by atoms with Crippen LogP contribution in [-0.2, 0) is 0 Å². The number of amides is 1. The first-order valence-electron chi connectivity index (χ1n) is 6.34. The standard InChI is InChI=1S/C16H18N2OS/c1-10-8-9-13(17)15(11(10)2)18-16(19)12-6-4-5-7-14(12)20-3/h4-9H,17H2,1-3H3,(H,18,19). The van der Waals surface area contributed by atoms with Crippen molar-refractivity contribution in [2.75, 3.05) is 17.3 Å². The van der Waals surface area contributed by atoms with Crippen LogP contribution < -0.4 is 11.1 Å². The van der Waals surface area contributed by atoms with Crippen molar-refractivity contribution < 1.29 is 4.79 Å². The molecule has 104 valence electrons. The lowest BCUT2D eigenvalue weighted by Gasteiger charge is -2.14. The van der Waals surface area contributed by atoms with Gasteiger partial charge in [-0.05, 0) is 49.4 Å². The summed E-state index contributed by atoms with van der Waals surface area (Å²) < 4.78 is 0. The van der Waals surface area contributed by atoms with Crippen LogP contribution in [0.3, 0.4) is 0 Å². The lowest BCUT2D eigenvalue weighted by Crippen LogP contribution is -2.15. The fourth-order valence-corrected chi connectivity index (χ4v) is 2.61. The molecule has 2 aromatic carbocycles. The van der Waals surface area contributed by atoms with Crippen molar-refractivity contribution in [1.29, 1.82) is 0 Å². The van der Waals surface area contributed by atoms with Crippen LogP contribution in [0.4, 0.5) is 11.4 Å². The summed E-state index contributed by atoms with van der Waals surface area (Å²) in [7, 11) is 0. The van der Waals surface area contributed by atoms with Crippen molar-refractivity contribution in [3.63, 3.8) is 0 Å². The molecular weight excluding hydrogens is 268 g/mol. The third-order valence-electron chi connectivity index (χ3n) is 3.36. The molecule has 0 spiro atoms. The SMILES string of the molecule is CSc1ccccc1C(=O)Nc1c(N)ccc(C)c1C. The van der Waals surface area contributed by atoms with Crippen LogP contribution in [0, 0.1) is 13.8 Å². The molecule has 20 heavy (non-hydrogen) atoms. The molecule has 0 radical (unpaired) electrons. The second-order valence-electron chi connectivity index (χ2n) is 4.63. The van der Waals surface area contributed by atoms with Gasteiger partial charge in [0.25, 0.3) is 5.91 Å². The molecule has 3 N–H and O–H groups in total. The van der Waals surface area contributed by atoms with E-state index < -0.39 is 0 Å². The molecule has 1 amide bonds.